The number of nitrogens with zero attached hydrogens (tertiary/aromatic N) is 7. The molecule has 0 spiro atoms. The minimum Gasteiger partial charge on any atom is -0.381 e. The molecule has 0 aliphatic carbocycles. The molecular formula is C27H39N9O. The van der Waals surface area contributed by atoms with Crippen LogP contribution in [-0.4, -0.2) is 100 Å². The number of piperidine rings is 1. The van der Waals surface area contributed by atoms with Gasteiger partial charge in [0.1, 0.15) is 16.9 Å². The maximum atomic E-state index is 5.55. The fraction of sp³-hybridized carbons (Fsp3) is 0.630. The Labute approximate surface area is 218 Å². The van der Waals surface area contributed by atoms with Crippen LogP contribution in [0.25, 0.3) is 22.2 Å². The molecule has 0 radical (unpaired) electrons. The zero-order valence-electron chi connectivity index (χ0n) is 22.3. The van der Waals surface area contributed by atoms with E-state index in [1.165, 1.54) is 13.1 Å². The third-order valence-corrected chi connectivity index (χ3v) is 8.25. The van der Waals surface area contributed by atoms with Crippen molar-refractivity contribution in [3.63, 3.8) is 0 Å². The smallest absolute Gasteiger partial charge is 0.153 e. The molecule has 0 unspecified atom stereocenters. The van der Waals surface area contributed by atoms with Crippen LogP contribution in [0.3, 0.4) is 0 Å². The highest BCUT2D eigenvalue weighted by molar-refractivity contribution is 5.97. The number of fused-ring (bicyclic) bond motifs is 1. The van der Waals surface area contributed by atoms with E-state index in [1.54, 1.807) is 0 Å². The summed E-state index contributed by atoms with van der Waals surface area (Å²) in [6, 6.07) is 1.52. The van der Waals surface area contributed by atoms with Crippen molar-refractivity contribution >= 4 is 22.7 Å². The van der Waals surface area contributed by atoms with Gasteiger partial charge in [-0.3, -0.25) is 9.58 Å². The van der Waals surface area contributed by atoms with Gasteiger partial charge in [-0.15, -0.1) is 0 Å². The van der Waals surface area contributed by atoms with Crippen molar-refractivity contribution in [3.05, 3.63) is 24.3 Å². The molecule has 0 bridgehead atoms. The van der Waals surface area contributed by atoms with Gasteiger partial charge in [0.2, 0.25) is 0 Å². The minimum absolute atomic E-state index is 0.355. The molecule has 3 aromatic rings. The van der Waals surface area contributed by atoms with Crippen LogP contribution in [0.4, 0.5) is 11.6 Å². The number of nitrogens with one attached hydrogen (secondary N) is 2. The lowest BCUT2D eigenvalue weighted by Gasteiger charge is -2.46. The highest BCUT2D eigenvalue weighted by Crippen LogP contribution is 2.33. The Balaban J connectivity index is 1.28. The number of hydrogen-bond donors (Lipinski definition) is 2. The summed E-state index contributed by atoms with van der Waals surface area (Å²) in [5, 5.41) is 11.7. The molecule has 0 aromatic carbocycles. The quantitative estimate of drug-likeness (QED) is 0.502. The zero-order chi connectivity index (χ0) is 25.4. The van der Waals surface area contributed by atoms with Crippen molar-refractivity contribution in [2.45, 2.75) is 57.2 Å². The fourth-order valence-corrected chi connectivity index (χ4v) is 5.96. The summed E-state index contributed by atoms with van der Waals surface area (Å²) in [6.45, 7) is 8.39. The maximum Gasteiger partial charge on any atom is 0.153 e. The molecule has 3 aromatic heterocycles. The third kappa shape index (κ3) is 4.89. The summed E-state index contributed by atoms with van der Waals surface area (Å²) in [4.78, 5) is 19.9. The molecule has 3 aliphatic rings. The van der Waals surface area contributed by atoms with Gasteiger partial charge < -0.3 is 20.3 Å². The summed E-state index contributed by atoms with van der Waals surface area (Å²) in [7, 11) is 4.09. The number of likely N-dealkylation sites (N-methyl/N-ethyl adjacent to an activating group) is 1. The normalized spacial score (nSPS) is 20.8. The van der Waals surface area contributed by atoms with Crippen molar-refractivity contribution in [3.8, 4) is 11.1 Å². The fourth-order valence-electron chi connectivity index (χ4n) is 5.96. The molecule has 6 rings (SSSR count). The highest BCUT2D eigenvalue weighted by Gasteiger charge is 2.32. The summed E-state index contributed by atoms with van der Waals surface area (Å²) >= 11 is 0. The molecule has 0 amide bonds. The molecule has 2 N–H and O–H groups in total. The molecule has 0 atom stereocenters. The van der Waals surface area contributed by atoms with E-state index < -0.39 is 0 Å². The number of rotatable bonds is 7. The van der Waals surface area contributed by atoms with Crippen LogP contribution < -0.4 is 10.6 Å². The number of likely N-dealkylation sites (tertiary alicyclic amines) is 2. The standard InChI is InChI=1S/C27H39N9O/c1-4-23-26(31-19-7-11-37-12-8-19)33-24-22(14-29-27(28-2)25(24)32-23)18-13-30-36(15-18)20-5-9-35(10-6-20)21-16-34(3)17-21/h13-15,19-21H,4-12,16-17H2,1-3H3,(H,28,29)(H,31,33). The molecule has 10 heteroatoms. The average Bonchev–Trinajstić information content (AvgIpc) is 3.41. The molecule has 3 fully saturated rings. The van der Waals surface area contributed by atoms with Crippen molar-refractivity contribution in [1.82, 2.24) is 34.5 Å². The summed E-state index contributed by atoms with van der Waals surface area (Å²) in [5.74, 6) is 1.62. The van der Waals surface area contributed by atoms with Crippen molar-refractivity contribution in [1.29, 1.82) is 0 Å². The van der Waals surface area contributed by atoms with E-state index in [4.69, 9.17) is 24.8 Å². The van der Waals surface area contributed by atoms with Gasteiger partial charge in [-0.25, -0.2) is 15.0 Å². The molecule has 37 heavy (non-hydrogen) atoms. The highest BCUT2D eigenvalue weighted by atomic mass is 16.5. The summed E-state index contributed by atoms with van der Waals surface area (Å²) < 4.78 is 7.71. The monoisotopic (exact) mass is 505 g/mol. The number of ether oxygens (including phenoxy) is 1. The van der Waals surface area contributed by atoms with E-state index in [-0.39, 0.29) is 0 Å². The van der Waals surface area contributed by atoms with Crippen molar-refractivity contribution in [2.24, 2.45) is 0 Å². The predicted octanol–water partition coefficient (Wildman–Crippen LogP) is 3.03. The predicted molar refractivity (Wildman–Crippen MR) is 146 cm³/mol. The molecule has 0 saturated carbocycles. The Hall–Kier alpha value is -2.82. The van der Waals surface area contributed by atoms with E-state index in [1.807, 2.05) is 19.4 Å². The van der Waals surface area contributed by atoms with Gasteiger partial charge >= 0.3 is 0 Å². The van der Waals surface area contributed by atoms with Gasteiger partial charge in [0.05, 0.1) is 17.9 Å². The van der Waals surface area contributed by atoms with Crippen LogP contribution >= 0.6 is 0 Å². The van der Waals surface area contributed by atoms with E-state index in [0.717, 1.165) is 104 Å². The first-order valence-corrected chi connectivity index (χ1v) is 13.8. The molecule has 3 saturated heterocycles. The number of aromatic nitrogens is 5. The SMILES string of the molecule is CCc1nc2c(NC)ncc(-c3cnn(C4CCN(C5CN(C)C5)CC4)c3)c2nc1NC1CCOCC1. The first kappa shape index (κ1) is 24.5. The third-order valence-electron chi connectivity index (χ3n) is 8.25. The topological polar surface area (TPSA) is 96.3 Å². The Kier molecular flexibility index (Phi) is 6.96. The number of aryl methyl sites for hydroxylation is 1. The average molecular weight is 506 g/mol. The Morgan fingerprint density at radius 3 is 2.46 bits per heavy atom. The van der Waals surface area contributed by atoms with Crippen LogP contribution in [0.1, 0.15) is 44.3 Å². The number of hydrogen-bond acceptors (Lipinski definition) is 9. The van der Waals surface area contributed by atoms with Crippen LogP contribution in [0.15, 0.2) is 18.6 Å². The Morgan fingerprint density at radius 1 is 0.973 bits per heavy atom. The van der Waals surface area contributed by atoms with E-state index in [9.17, 15) is 0 Å². The molecule has 198 valence electrons. The molecule has 6 heterocycles. The van der Waals surface area contributed by atoms with Gasteiger partial charge in [-0.2, -0.15) is 5.10 Å². The largest absolute Gasteiger partial charge is 0.381 e. The van der Waals surface area contributed by atoms with E-state index in [0.29, 0.717) is 12.1 Å². The van der Waals surface area contributed by atoms with Gasteiger partial charge in [0.15, 0.2) is 5.82 Å². The lowest BCUT2D eigenvalue weighted by Crippen LogP contribution is -2.59. The second kappa shape index (κ2) is 10.5. The molecule has 3 aliphatic heterocycles. The first-order chi connectivity index (χ1) is 18.1. The molecule has 10 nitrogen and oxygen atoms in total. The first-order valence-electron chi connectivity index (χ1n) is 13.8. The molecular weight excluding hydrogens is 466 g/mol. The maximum absolute atomic E-state index is 5.55. The van der Waals surface area contributed by atoms with Crippen molar-refractivity contribution < 1.29 is 4.74 Å². The number of anilines is 2. The zero-order valence-corrected chi connectivity index (χ0v) is 22.3. The Bertz CT molecular complexity index is 1220. The summed E-state index contributed by atoms with van der Waals surface area (Å²) in [6.07, 6.45) is 11.1. The lowest BCUT2D eigenvalue weighted by atomic mass is 10.00. The van der Waals surface area contributed by atoms with Gasteiger partial charge in [-0.1, -0.05) is 6.92 Å². The second-order valence-electron chi connectivity index (χ2n) is 10.7. The van der Waals surface area contributed by atoms with Crippen LogP contribution in [0.5, 0.6) is 0 Å². The van der Waals surface area contributed by atoms with Crippen LogP contribution in [0, 0.1) is 0 Å². The number of pyridine rings is 1. The van der Waals surface area contributed by atoms with Crippen LogP contribution in [-0.2, 0) is 11.2 Å². The second-order valence-corrected chi connectivity index (χ2v) is 10.7. The summed E-state index contributed by atoms with van der Waals surface area (Å²) in [5.41, 5.74) is 4.64. The Morgan fingerprint density at radius 2 is 1.76 bits per heavy atom. The lowest BCUT2D eigenvalue weighted by molar-refractivity contribution is 0.0296. The minimum atomic E-state index is 0.355. The van der Waals surface area contributed by atoms with Crippen LogP contribution in [0.2, 0.25) is 0 Å². The van der Waals surface area contributed by atoms with Crippen molar-refractivity contribution in [2.75, 3.05) is 64.1 Å². The van der Waals surface area contributed by atoms with E-state index >= 15 is 0 Å². The van der Waals surface area contributed by atoms with E-state index in [2.05, 4.69) is 45.3 Å². The van der Waals surface area contributed by atoms with Gasteiger partial charge in [0.25, 0.3) is 0 Å². The van der Waals surface area contributed by atoms with Gasteiger partial charge in [-0.05, 0) is 39.2 Å². The van der Waals surface area contributed by atoms with Gasteiger partial charge in [0, 0.05) is 82.0 Å².